The van der Waals surface area contributed by atoms with Gasteiger partial charge in [0.1, 0.15) is 11.4 Å². The van der Waals surface area contributed by atoms with Crippen LogP contribution >= 0.6 is 0 Å². The van der Waals surface area contributed by atoms with Gasteiger partial charge < -0.3 is 4.74 Å². The molecule has 0 radical (unpaired) electrons. The van der Waals surface area contributed by atoms with E-state index in [4.69, 9.17) is 4.74 Å². The van der Waals surface area contributed by atoms with E-state index in [9.17, 15) is 0 Å². The van der Waals surface area contributed by atoms with Crippen LogP contribution in [0, 0.1) is 0 Å². The third kappa shape index (κ3) is 2.56. The largest absolute Gasteiger partial charge is 0.361 e. The van der Waals surface area contributed by atoms with Crippen molar-refractivity contribution in [3.8, 4) is 0 Å². The summed E-state index contributed by atoms with van der Waals surface area (Å²) in [6.07, 6.45) is 8.08. The average molecular weight is 313 g/mol. The molecule has 1 spiro atoms. The first-order chi connectivity index (χ1) is 11.2. The van der Waals surface area contributed by atoms with Crippen LogP contribution in [-0.2, 0) is 36.5 Å². The summed E-state index contributed by atoms with van der Waals surface area (Å²) in [4.78, 5) is 11.6. The van der Waals surface area contributed by atoms with Gasteiger partial charge in [0, 0.05) is 56.1 Å². The Hall–Kier alpha value is -1.79. The summed E-state index contributed by atoms with van der Waals surface area (Å²) < 4.78 is 8.08. The van der Waals surface area contributed by atoms with E-state index in [0.717, 1.165) is 50.5 Å². The van der Waals surface area contributed by atoms with Crippen LogP contribution in [-0.4, -0.2) is 37.7 Å². The highest BCUT2D eigenvalue weighted by atomic mass is 16.5. The van der Waals surface area contributed by atoms with E-state index >= 15 is 0 Å². The van der Waals surface area contributed by atoms with Gasteiger partial charge in [-0.1, -0.05) is 6.92 Å². The zero-order chi connectivity index (χ0) is 15.9. The minimum absolute atomic E-state index is 0.180. The second kappa shape index (κ2) is 5.69. The molecule has 1 fully saturated rings. The minimum Gasteiger partial charge on any atom is -0.361 e. The molecule has 0 atom stereocenters. The smallest absolute Gasteiger partial charge is 0.128 e. The highest BCUT2D eigenvalue weighted by Gasteiger charge is 2.50. The van der Waals surface area contributed by atoms with Gasteiger partial charge in [-0.2, -0.15) is 5.10 Å². The van der Waals surface area contributed by atoms with Gasteiger partial charge >= 0.3 is 0 Å². The van der Waals surface area contributed by atoms with Crippen LogP contribution in [0.15, 0.2) is 18.6 Å². The highest BCUT2D eigenvalue weighted by molar-refractivity contribution is 5.32. The average Bonchev–Trinajstić information content (AvgIpc) is 3.12. The molecule has 6 heteroatoms. The monoisotopic (exact) mass is 313 g/mol. The number of hydrogen-bond acceptors (Lipinski definition) is 5. The molecule has 0 aliphatic carbocycles. The number of aromatic nitrogens is 4. The maximum Gasteiger partial charge on any atom is 0.128 e. The Kier molecular flexibility index (Phi) is 3.66. The van der Waals surface area contributed by atoms with Crippen molar-refractivity contribution >= 4 is 0 Å². The third-order valence-electron chi connectivity index (χ3n) is 4.74. The zero-order valence-electron chi connectivity index (χ0n) is 13.8. The summed E-state index contributed by atoms with van der Waals surface area (Å²) in [5.74, 6) is 0.940. The Morgan fingerprint density at radius 3 is 2.87 bits per heavy atom. The van der Waals surface area contributed by atoms with Crippen LogP contribution in [0.25, 0.3) is 0 Å². The van der Waals surface area contributed by atoms with Gasteiger partial charge in [0.2, 0.25) is 0 Å². The molecule has 0 unspecified atom stereocenters. The fourth-order valence-corrected chi connectivity index (χ4v) is 3.55. The van der Waals surface area contributed by atoms with E-state index in [1.807, 2.05) is 17.1 Å². The summed E-state index contributed by atoms with van der Waals surface area (Å²) in [6, 6.07) is 0. The van der Waals surface area contributed by atoms with Gasteiger partial charge in [0.25, 0.3) is 0 Å². The standard InChI is InChI=1S/C17H23N5O/c1-3-5-16-18-7-14-15(20-16)10-23-17(14)11-21(12-17)8-13-6-19-22(4-2)9-13/h6-7,9H,3-5,8,10-12H2,1-2H3. The number of nitrogens with zero attached hydrogens (tertiary/aromatic N) is 5. The van der Waals surface area contributed by atoms with Crippen molar-refractivity contribution < 1.29 is 4.74 Å². The Morgan fingerprint density at radius 2 is 2.13 bits per heavy atom. The molecule has 0 amide bonds. The van der Waals surface area contributed by atoms with Crippen LogP contribution in [0.5, 0.6) is 0 Å². The van der Waals surface area contributed by atoms with Crippen molar-refractivity contribution in [2.45, 2.75) is 52.0 Å². The minimum atomic E-state index is -0.180. The highest BCUT2D eigenvalue weighted by Crippen LogP contribution is 2.42. The van der Waals surface area contributed by atoms with Crippen LogP contribution in [0.2, 0.25) is 0 Å². The lowest BCUT2D eigenvalue weighted by Crippen LogP contribution is -2.58. The van der Waals surface area contributed by atoms with Crippen molar-refractivity contribution in [3.63, 3.8) is 0 Å². The molecule has 4 rings (SSSR count). The van der Waals surface area contributed by atoms with Crippen molar-refractivity contribution in [2.75, 3.05) is 13.1 Å². The zero-order valence-corrected chi connectivity index (χ0v) is 13.8. The summed E-state index contributed by atoms with van der Waals surface area (Å²) in [7, 11) is 0. The second-order valence-electron chi connectivity index (χ2n) is 6.53. The van der Waals surface area contributed by atoms with E-state index in [1.54, 1.807) is 0 Å². The van der Waals surface area contributed by atoms with Gasteiger partial charge in [-0.05, 0) is 13.3 Å². The summed E-state index contributed by atoms with van der Waals surface area (Å²) in [5, 5.41) is 4.34. The first-order valence-corrected chi connectivity index (χ1v) is 8.45. The SMILES string of the molecule is CCCc1ncc2c(n1)COC21CN(Cc2cnn(CC)c2)C1. The molecule has 4 heterocycles. The molecule has 23 heavy (non-hydrogen) atoms. The number of likely N-dealkylation sites (tertiary alicyclic amines) is 1. The molecule has 0 aromatic carbocycles. The number of hydrogen-bond donors (Lipinski definition) is 0. The number of rotatable bonds is 5. The molecule has 122 valence electrons. The Labute approximate surface area is 136 Å². The number of ether oxygens (including phenoxy) is 1. The quantitative estimate of drug-likeness (QED) is 0.844. The third-order valence-corrected chi connectivity index (χ3v) is 4.74. The van der Waals surface area contributed by atoms with Gasteiger partial charge in [-0.15, -0.1) is 0 Å². The Morgan fingerprint density at radius 1 is 1.26 bits per heavy atom. The molecule has 2 aliphatic heterocycles. The van der Waals surface area contributed by atoms with E-state index in [1.165, 1.54) is 11.1 Å². The van der Waals surface area contributed by atoms with Crippen LogP contribution in [0.4, 0.5) is 0 Å². The Bertz CT molecular complexity index is 705. The van der Waals surface area contributed by atoms with Crippen molar-refractivity contribution in [2.24, 2.45) is 0 Å². The molecule has 0 N–H and O–H groups in total. The van der Waals surface area contributed by atoms with Crippen molar-refractivity contribution in [3.05, 3.63) is 41.2 Å². The maximum atomic E-state index is 6.11. The van der Waals surface area contributed by atoms with Gasteiger partial charge in [-0.25, -0.2) is 9.97 Å². The fourth-order valence-electron chi connectivity index (χ4n) is 3.55. The normalized spacial score (nSPS) is 19.0. The first kappa shape index (κ1) is 14.8. The Balaban J connectivity index is 1.43. The molecule has 2 aromatic heterocycles. The van der Waals surface area contributed by atoms with Crippen LogP contribution in [0.3, 0.4) is 0 Å². The predicted octanol–water partition coefficient (Wildman–Crippen LogP) is 1.89. The van der Waals surface area contributed by atoms with E-state index in [0.29, 0.717) is 6.61 Å². The second-order valence-corrected chi connectivity index (χ2v) is 6.53. The fraction of sp³-hybridized carbons (Fsp3) is 0.588. The summed E-state index contributed by atoms with van der Waals surface area (Å²) in [6.45, 7) is 8.54. The lowest BCUT2D eigenvalue weighted by Gasteiger charge is -2.47. The molecular formula is C17H23N5O. The predicted molar refractivity (Wildman–Crippen MR) is 85.7 cm³/mol. The molecule has 0 bridgehead atoms. The lowest BCUT2D eigenvalue weighted by molar-refractivity contribution is -0.145. The van der Waals surface area contributed by atoms with Gasteiger partial charge in [0.05, 0.1) is 18.5 Å². The van der Waals surface area contributed by atoms with Crippen molar-refractivity contribution in [1.29, 1.82) is 0 Å². The molecule has 0 saturated carbocycles. The van der Waals surface area contributed by atoms with E-state index < -0.39 is 0 Å². The molecule has 2 aliphatic rings. The van der Waals surface area contributed by atoms with Crippen LogP contribution < -0.4 is 0 Å². The molecular weight excluding hydrogens is 290 g/mol. The van der Waals surface area contributed by atoms with Gasteiger partial charge in [-0.3, -0.25) is 9.58 Å². The van der Waals surface area contributed by atoms with Crippen LogP contribution in [0.1, 0.15) is 42.9 Å². The van der Waals surface area contributed by atoms with Gasteiger partial charge in [0.15, 0.2) is 0 Å². The summed E-state index contributed by atoms with van der Waals surface area (Å²) >= 11 is 0. The van der Waals surface area contributed by atoms with E-state index in [2.05, 4.69) is 40.0 Å². The van der Waals surface area contributed by atoms with E-state index in [-0.39, 0.29) is 5.60 Å². The molecule has 2 aromatic rings. The number of fused-ring (bicyclic) bond motifs is 2. The topological polar surface area (TPSA) is 56.1 Å². The summed E-state index contributed by atoms with van der Waals surface area (Å²) in [5.41, 5.74) is 3.36. The number of aryl methyl sites for hydroxylation is 2. The lowest BCUT2D eigenvalue weighted by atomic mass is 9.87. The first-order valence-electron chi connectivity index (χ1n) is 8.45. The maximum absolute atomic E-state index is 6.11. The molecule has 6 nitrogen and oxygen atoms in total. The molecule has 1 saturated heterocycles. The van der Waals surface area contributed by atoms with Crippen molar-refractivity contribution in [1.82, 2.24) is 24.6 Å².